The van der Waals surface area contributed by atoms with Crippen molar-refractivity contribution in [3.63, 3.8) is 0 Å². The molecule has 1 aromatic heterocycles. The normalized spacial score (nSPS) is 11.0. The van der Waals surface area contributed by atoms with E-state index in [9.17, 15) is 10.5 Å². The van der Waals surface area contributed by atoms with Gasteiger partial charge in [-0.05, 0) is 57.9 Å². The molecule has 4 rings (SSSR count). The molecular weight excluding hydrogens is 496 g/mol. The predicted molar refractivity (Wildman–Crippen MR) is 132 cm³/mol. The van der Waals surface area contributed by atoms with Crippen LogP contribution in [0.2, 0.25) is 0 Å². The monoisotopic (exact) mass is 514 g/mol. The lowest BCUT2D eigenvalue weighted by Crippen LogP contribution is -2.01. The molecule has 3 aromatic carbocycles. The van der Waals surface area contributed by atoms with Gasteiger partial charge in [0.15, 0.2) is 11.5 Å². The predicted octanol–water partition coefficient (Wildman–Crippen LogP) is 5.86. The molecule has 7 nitrogen and oxygen atoms in total. The molecule has 8 heteroatoms. The first-order valence-electron chi connectivity index (χ1n) is 10.2. The lowest BCUT2D eigenvalue weighted by Gasteiger charge is -2.14. The Morgan fingerprint density at radius 2 is 1.91 bits per heavy atom. The Hall–Kier alpha value is -4.27. The van der Waals surface area contributed by atoms with E-state index in [0.717, 1.165) is 22.2 Å². The summed E-state index contributed by atoms with van der Waals surface area (Å²) in [6.45, 7) is 0.208. The number of ether oxygens (including phenoxy) is 3. The number of hydrogen-bond acceptors (Lipinski definition) is 6. The van der Waals surface area contributed by atoms with Gasteiger partial charge in [-0.1, -0.05) is 18.2 Å². The number of H-pyrrole nitrogens is 1. The Morgan fingerprint density at radius 3 is 2.65 bits per heavy atom. The van der Waals surface area contributed by atoms with E-state index in [0.29, 0.717) is 38.7 Å². The molecule has 0 saturated carbocycles. The highest BCUT2D eigenvalue weighted by atomic mass is 79.9. The SMILES string of the molecule is COc1ccc2nc(C(C#N)=Cc3cc(Br)c(OCc4ccccc4C#N)c(OC)c3)[nH]c2c1. The highest BCUT2D eigenvalue weighted by Crippen LogP contribution is 2.38. The molecule has 0 saturated heterocycles. The second kappa shape index (κ2) is 10.1. The number of aromatic nitrogens is 2. The Labute approximate surface area is 205 Å². The van der Waals surface area contributed by atoms with Crippen molar-refractivity contribution in [2.24, 2.45) is 0 Å². The highest BCUT2D eigenvalue weighted by molar-refractivity contribution is 9.10. The number of fused-ring (bicyclic) bond motifs is 1. The molecule has 1 heterocycles. The van der Waals surface area contributed by atoms with Gasteiger partial charge in [0, 0.05) is 11.6 Å². The van der Waals surface area contributed by atoms with Crippen molar-refractivity contribution in [2.75, 3.05) is 14.2 Å². The number of nitrogens with one attached hydrogen (secondary N) is 1. The van der Waals surface area contributed by atoms with Crippen molar-refractivity contribution in [1.82, 2.24) is 9.97 Å². The quantitative estimate of drug-likeness (QED) is 0.310. The molecule has 0 atom stereocenters. The van der Waals surface area contributed by atoms with Crippen molar-refractivity contribution in [3.05, 3.63) is 81.6 Å². The van der Waals surface area contributed by atoms with Crippen molar-refractivity contribution >= 4 is 38.6 Å². The minimum atomic E-state index is 0.208. The van der Waals surface area contributed by atoms with Gasteiger partial charge >= 0.3 is 0 Å². The summed E-state index contributed by atoms with van der Waals surface area (Å²) >= 11 is 3.54. The maximum Gasteiger partial charge on any atom is 0.175 e. The van der Waals surface area contributed by atoms with Crippen molar-refractivity contribution < 1.29 is 14.2 Å². The van der Waals surface area contributed by atoms with Gasteiger partial charge in [-0.25, -0.2) is 4.98 Å². The molecule has 0 aliphatic heterocycles. The van der Waals surface area contributed by atoms with Crippen LogP contribution in [-0.2, 0) is 6.61 Å². The molecular formula is C26H19BrN4O3. The van der Waals surface area contributed by atoms with Crippen molar-refractivity contribution in [3.8, 4) is 29.4 Å². The smallest absolute Gasteiger partial charge is 0.175 e. The molecule has 0 unspecified atom stereocenters. The number of allylic oxidation sites excluding steroid dienone is 1. The fraction of sp³-hybridized carbons (Fsp3) is 0.115. The van der Waals surface area contributed by atoms with Gasteiger partial charge in [0.25, 0.3) is 0 Å². The van der Waals surface area contributed by atoms with Crippen molar-refractivity contribution in [1.29, 1.82) is 10.5 Å². The number of aromatic amines is 1. The summed E-state index contributed by atoms with van der Waals surface area (Å²) in [7, 11) is 3.14. The number of nitriles is 2. The number of rotatable bonds is 7. The summed E-state index contributed by atoms with van der Waals surface area (Å²) in [4.78, 5) is 7.69. The van der Waals surface area contributed by atoms with E-state index in [4.69, 9.17) is 14.2 Å². The highest BCUT2D eigenvalue weighted by Gasteiger charge is 2.14. The Morgan fingerprint density at radius 1 is 1.09 bits per heavy atom. The average molecular weight is 515 g/mol. The molecule has 0 spiro atoms. The van der Waals surface area contributed by atoms with Gasteiger partial charge in [-0.2, -0.15) is 10.5 Å². The van der Waals surface area contributed by atoms with E-state index in [1.807, 2.05) is 42.5 Å². The number of methoxy groups -OCH3 is 2. The van der Waals surface area contributed by atoms with E-state index in [1.54, 1.807) is 32.4 Å². The third-order valence-electron chi connectivity index (χ3n) is 5.14. The molecule has 0 amide bonds. The van der Waals surface area contributed by atoms with Crippen LogP contribution in [0.4, 0.5) is 0 Å². The summed E-state index contributed by atoms with van der Waals surface area (Å²) in [5, 5.41) is 19.1. The first kappa shape index (κ1) is 22.9. The van der Waals surface area contributed by atoms with Crippen LogP contribution in [0.3, 0.4) is 0 Å². The molecule has 0 radical (unpaired) electrons. The number of hydrogen-bond donors (Lipinski definition) is 1. The number of nitrogens with zero attached hydrogens (tertiary/aromatic N) is 3. The van der Waals surface area contributed by atoms with Gasteiger partial charge in [0.2, 0.25) is 0 Å². The Kier molecular flexibility index (Phi) is 6.82. The van der Waals surface area contributed by atoms with Gasteiger partial charge in [0.05, 0.1) is 46.9 Å². The standard InChI is InChI=1S/C26H19BrN4O3/c1-32-20-7-8-22-23(12-20)31-26(30-22)19(14-29)9-16-10-21(27)25(24(11-16)33-2)34-15-18-6-4-3-5-17(18)13-28/h3-12H,15H2,1-2H3,(H,30,31). The molecule has 0 fully saturated rings. The van der Waals surface area contributed by atoms with Gasteiger partial charge in [-0.3, -0.25) is 0 Å². The molecule has 1 N–H and O–H groups in total. The molecule has 34 heavy (non-hydrogen) atoms. The first-order valence-corrected chi connectivity index (χ1v) is 11.0. The topological polar surface area (TPSA) is 104 Å². The molecule has 0 aliphatic carbocycles. The first-order chi connectivity index (χ1) is 16.6. The third-order valence-corrected chi connectivity index (χ3v) is 5.73. The van der Waals surface area contributed by atoms with Crippen LogP contribution in [0.5, 0.6) is 17.2 Å². The summed E-state index contributed by atoms with van der Waals surface area (Å²) < 4.78 is 17.4. The third kappa shape index (κ3) is 4.73. The van der Waals surface area contributed by atoms with Crippen LogP contribution < -0.4 is 14.2 Å². The zero-order valence-electron chi connectivity index (χ0n) is 18.4. The van der Waals surface area contributed by atoms with Crippen LogP contribution in [0.15, 0.2) is 59.1 Å². The minimum Gasteiger partial charge on any atom is -0.497 e. The minimum absolute atomic E-state index is 0.208. The molecule has 0 bridgehead atoms. The zero-order valence-corrected chi connectivity index (χ0v) is 20.0. The van der Waals surface area contributed by atoms with Crippen molar-refractivity contribution in [2.45, 2.75) is 6.61 Å². The second-order valence-corrected chi connectivity index (χ2v) is 8.08. The number of imidazole rings is 1. The summed E-state index contributed by atoms with van der Waals surface area (Å²) in [6, 6.07) is 20.7. The summed E-state index contributed by atoms with van der Waals surface area (Å²) in [5.41, 5.74) is 3.92. The largest absolute Gasteiger partial charge is 0.497 e. The maximum absolute atomic E-state index is 9.78. The van der Waals surface area contributed by atoms with Gasteiger partial charge in [-0.15, -0.1) is 0 Å². The summed E-state index contributed by atoms with van der Waals surface area (Å²) in [6.07, 6.45) is 1.72. The lowest BCUT2D eigenvalue weighted by atomic mass is 10.1. The fourth-order valence-electron chi connectivity index (χ4n) is 3.43. The van der Waals surface area contributed by atoms with Gasteiger partial charge in [0.1, 0.15) is 24.3 Å². The average Bonchev–Trinajstić information content (AvgIpc) is 3.29. The van der Waals surface area contributed by atoms with Crippen LogP contribution in [0.25, 0.3) is 22.7 Å². The van der Waals surface area contributed by atoms with E-state index < -0.39 is 0 Å². The van der Waals surface area contributed by atoms with E-state index in [-0.39, 0.29) is 6.61 Å². The fourth-order valence-corrected chi connectivity index (χ4v) is 4.01. The van der Waals surface area contributed by atoms with Crippen LogP contribution in [0, 0.1) is 22.7 Å². The second-order valence-electron chi connectivity index (χ2n) is 7.23. The van der Waals surface area contributed by atoms with Crippen LogP contribution in [0.1, 0.15) is 22.5 Å². The number of halogens is 1. The van der Waals surface area contributed by atoms with Gasteiger partial charge < -0.3 is 19.2 Å². The lowest BCUT2D eigenvalue weighted by molar-refractivity contribution is 0.282. The Bertz CT molecular complexity index is 1480. The number of benzene rings is 3. The molecule has 4 aromatic rings. The van der Waals surface area contributed by atoms with E-state index in [2.05, 4.69) is 38.0 Å². The van der Waals surface area contributed by atoms with E-state index >= 15 is 0 Å². The maximum atomic E-state index is 9.78. The zero-order chi connectivity index (χ0) is 24.1. The Balaban J connectivity index is 1.65. The summed E-state index contributed by atoms with van der Waals surface area (Å²) in [5.74, 6) is 2.14. The van der Waals surface area contributed by atoms with Crippen LogP contribution in [-0.4, -0.2) is 24.2 Å². The molecule has 168 valence electrons. The van der Waals surface area contributed by atoms with Crippen LogP contribution >= 0.6 is 15.9 Å². The molecule has 0 aliphatic rings. The van der Waals surface area contributed by atoms with E-state index in [1.165, 1.54) is 0 Å².